The summed E-state index contributed by atoms with van der Waals surface area (Å²) >= 11 is 0. The van der Waals surface area contributed by atoms with E-state index < -0.39 is 55.6 Å². The van der Waals surface area contributed by atoms with Crippen LogP contribution in [0, 0.1) is 0 Å². The molecule has 4 N–H and O–H groups in total. The van der Waals surface area contributed by atoms with Crippen molar-refractivity contribution in [3.05, 3.63) is 41.7 Å². The van der Waals surface area contributed by atoms with E-state index in [0.717, 1.165) is 12.6 Å². The second-order valence-electron chi connectivity index (χ2n) is 9.73. The summed E-state index contributed by atoms with van der Waals surface area (Å²) in [5, 5.41) is 14.6. The molecule has 1 unspecified atom stereocenters. The summed E-state index contributed by atoms with van der Waals surface area (Å²) in [6, 6.07) is 6.24. The van der Waals surface area contributed by atoms with Gasteiger partial charge in [-0.2, -0.15) is 31.4 Å². The number of halogens is 8. The Kier molecular flexibility index (Phi) is 10.4. The van der Waals surface area contributed by atoms with Crippen molar-refractivity contribution >= 4 is 23.2 Å². The Labute approximate surface area is 230 Å². The first-order valence-corrected chi connectivity index (χ1v) is 12.8. The quantitative estimate of drug-likeness (QED) is 0.297. The van der Waals surface area contributed by atoms with Crippen LogP contribution in [0.15, 0.2) is 30.5 Å². The van der Waals surface area contributed by atoms with E-state index in [1.807, 2.05) is 0 Å². The lowest BCUT2D eigenvalue weighted by molar-refractivity contribution is -0.144. The number of nitrogens with zero attached hydrogens (tertiary/aromatic N) is 2. The van der Waals surface area contributed by atoms with Crippen LogP contribution in [0.1, 0.15) is 61.0 Å². The lowest BCUT2D eigenvalue weighted by Gasteiger charge is -2.20. The number of anilines is 2. The summed E-state index contributed by atoms with van der Waals surface area (Å²) in [6.07, 6.45) is -7.46. The maximum atomic E-state index is 12.6. The minimum absolute atomic E-state index is 0.0359. The summed E-state index contributed by atoms with van der Waals surface area (Å²) in [5.41, 5.74) is 1.73. The zero-order valence-corrected chi connectivity index (χ0v) is 21.8. The van der Waals surface area contributed by atoms with Crippen molar-refractivity contribution in [1.29, 1.82) is 0 Å². The molecule has 0 radical (unpaired) electrons. The molecule has 1 aromatic carbocycles. The van der Waals surface area contributed by atoms with Crippen LogP contribution >= 0.6 is 0 Å². The van der Waals surface area contributed by atoms with Gasteiger partial charge in [0, 0.05) is 32.0 Å². The number of carbonyl (C=O) groups excluding carboxylic acids is 2. The van der Waals surface area contributed by atoms with Crippen LogP contribution in [0.25, 0.3) is 0 Å². The molecule has 8 nitrogen and oxygen atoms in total. The van der Waals surface area contributed by atoms with Crippen molar-refractivity contribution in [2.45, 2.75) is 82.5 Å². The highest BCUT2D eigenvalue weighted by atomic mass is 19.4. The van der Waals surface area contributed by atoms with Crippen molar-refractivity contribution in [3.63, 3.8) is 0 Å². The van der Waals surface area contributed by atoms with Crippen LogP contribution in [0.3, 0.4) is 0 Å². The van der Waals surface area contributed by atoms with E-state index in [2.05, 4.69) is 26.4 Å². The third-order valence-corrected chi connectivity index (χ3v) is 6.20. The second kappa shape index (κ2) is 13.4. The van der Waals surface area contributed by atoms with Crippen molar-refractivity contribution in [3.8, 4) is 0 Å². The molecule has 16 heteroatoms. The van der Waals surface area contributed by atoms with Crippen LogP contribution < -0.4 is 21.3 Å². The molecule has 0 bridgehead atoms. The lowest BCUT2D eigenvalue weighted by Crippen LogP contribution is -2.39. The first kappa shape index (κ1) is 31.9. The van der Waals surface area contributed by atoms with Gasteiger partial charge in [0.05, 0.1) is 24.3 Å². The Hall–Kier alpha value is -3.59. The SMILES string of the molecule is FC1(F)CCCCC1.O=C(CCC(F)(F)F)NCc1ccc2c(c1)NC(CNC(=O)c1ccnn1CC(F)(F)F)N2. The van der Waals surface area contributed by atoms with E-state index in [-0.39, 0.29) is 31.6 Å². The monoisotopic (exact) mass is 598 g/mol. The molecule has 2 aliphatic rings. The molecular formula is C25H30F8N6O2. The number of rotatable bonds is 8. The number of benzene rings is 1. The van der Waals surface area contributed by atoms with Gasteiger partial charge in [-0.05, 0) is 36.6 Å². The third kappa shape index (κ3) is 11.1. The van der Waals surface area contributed by atoms with Crippen LogP contribution in [0.2, 0.25) is 0 Å². The molecule has 1 atom stereocenters. The Morgan fingerprint density at radius 1 is 0.951 bits per heavy atom. The number of nitrogens with one attached hydrogen (secondary N) is 4. The first-order valence-electron chi connectivity index (χ1n) is 12.8. The summed E-state index contributed by atoms with van der Waals surface area (Å²) in [7, 11) is 0. The van der Waals surface area contributed by atoms with Gasteiger partial charge >= 0.3 is 12.4 Å². The number of amides is 2. The van der Waals surface area contributed by atoms with Gasteiger partial charge in [-0.3, -0.25) is 14.3 Å². The Balaban J connectivity index is 0.000000496. The van der Waals surface area contributed by atoms with Crippen molar-refractivity contribution in [2.75, 3.05) is 17.2 Å². The zero-order chi connectivity index (χ0) is 30.3. The maximum Gasteiger partial charge on any atom is 0.408 e. The Morgan fingerprint density at radius 3 is 2.24 bits per heavy atom. The molecule has 0 saturated heterocycles. The van der Waals surface area contributed by atoms with Crippen molar-refractivity contribution in [1.82, 2.24) is 20.4 Å². The van der Waals surface area contributed by atoms with Crippen LogP contribution in [-0.4, -0.2) is 52.6 Å². The molecule has 228 valence electrons. The average molecular weight is 599 g/mol. The molecule has 1 aliphatic heterocycles. The molecule has 1 saturated carbocycles. The smallest absolute Gasteiger partial charge is 0.362 e. The molecule has 1 aliphatic carbocycles. The summed E-state index contributed by atoms with van der Waals surface area (Å²) in [6.45, 7) is -1.31. The maximum absolute atomic E-state index is 12.6. The van der Waals surface area contributed by atoms with Gasteiger partial charge in [0.15, 0.2) is 0 Å². The molecule has 1 aromatic heterocycles. The number of aromatic nitrogens is 2. The summed E-state index contributed by atoms with van der Waals surface area (Å²) in [4.78, 5) is 23.8. The van der Waals surface area contributed by atoms with E-state index in [9.17, 15) is 44.7 Å². The van der Waals surface area contributed by atoms with Crippen molar-refractivity contribution in [2.24, 2.45) is 0 Å². The topological polar surface area (TPSA) is 100 Å². The number of hydrogen-bond donors (Lipinski definition) is 4. The fourth-order valence-electron chi connectivity index (χ4n) is 4.18. The van der Waals surface area contributed by atoms with Gasteiger partial charge in [-0.15, -0.1) is 0 Å². The first-order chi connectivity index (χ1) is 19.1. The molecule has 41 heavy (non-hydrogen) atoms. The van der Waals surface area contributed by atoms with Gasteiger partial charge < -0.3 is 21.3 Å². The molecule has 0 spiro atoms. The normalized spacial score (nSPS) is 17.8. The largest absolute Gasteiger partial charge is 0.408 e. The van der Waals surface area contributed by atoms with E-state index >= 15 is 0 Å². The molecule has 4 rings (SSSR count). The number of hydrogen-bond acceptors (Lipinski definition) is 5. The highest BCUT2D eigenvalue weighted by Gasteiger charge is 2.31. The molecule has 2 aromatic rings. The van der Waals surface area contributed by atoms with Gasteiger partial charge in [-0.25, -0.2) is 8.78 Å². The van der Waals surface area contributed by atoms with Crippen LogP contribution in [-0.2, 0) is 17.9 Å². The minimum Gasteiger partial charge on any atom is -0.362 e. The minimum atomic E-state index is -4.52. The molecule has 2 heterocycles. The van der Waals surface area contributed by atoms with Crippen molar-refractivity contribution < 1.29 is 44.7 Å². The van der Waals surface area contributed by atoms with Gasteiger partial charge in [0.25, 0.3) is 5.91 Å². The Bertz CT molecular complexity index is 1170. The second-order valence-corrected chi connectivity index (χ2v) is 9.73. The number of alkyl halides is 8. The Morgan fingerprint density at radius 2 is 1.63 bits per heavy atom. The predicted molar refractivity (Wildman–Crippen MR) is 133 cm³/mol. The van der Waals surface area contributed by atoms with Gasteiger partial charge in [-0.1, -0.05) is 12.5 Å². The van der Waals surface area contributed by atoms with E-state index in [1.54, 1.807) is 18.2 Å². The summed E-state index contributed by atoms with van der Waals surface area (Å²) in [5.74, 6) is -3.76. The fraction of sp³-hybridized carbons (Fsp3) is 0.560. The molecular weight excluding hydrogens is 568 g/mol. The van der Waals surface area contributed by atoms with E-state index in [4.69, 9.17) is 0 Å². The zero-order valence-electron chi connectivity index (χ0n) is 21.8. The standard InChI is InChI=1S/C19H20F6N6O2.C6H10F2/c20-18(21,22)5-3-16(32)26-8-11-1-2-12-13(7-11)30-15(29-12)9-27-17(33)14-4-6-28-31(14)10-19(23,24)25;7-6(8)4-2-1-3-5-6/h1-2,4,6-7,15,29-30H,3,5,8-10H2,(H,26,32)(H,27,33);1-5H2. The van der Waals surface area contributed by atoms with Crippen LogP contribution in [0.4, 0.5) is 46.5 Å². The number of carbonyl (C=O) groups is 2. The third-order valence-electron chi connectivity index (χ3n) is 6.20. The predicted octanol–water partition coefficient (Wildman–Crippen LogP) is 5.58. The fourth-order valence-corrected chi connectivity index (χ4v) is 4.18. The average Bonchev–Trinajstić information content (AvgIpc) is 3.49. The highest BCUT2D eigenvalue weighted by molar-refractivity contribution is 5.92. The highest BCUT2D eigenvalue weighted by Crippen LogP contribution is 2.32. The van der Waals surface area contributed by atoms with E-state index in [0.29, 0.717) is 34.5 Å². The number of fused-ring (bicyclic) bond motifs is 1. The molecule has 1 fully saturated rings. The molecule has 2 amide bonds. The van der Waals surface area contributed by atoms with Crippen LogP contribution in [0.5, 0.6) is 0 Å². The van der Waals surface area contributed by atoms with Gasteiger partial charge in [0.2, 0.25) is 11.8 Å². The van der Waals surface area contributed by atoms with E-state index in [1.165, 1.54) is 6.07 Å². The van der Waals surface area contributed by atoms with Gasteiger partial charge in [0.1, 0.15) is 18.4 Å². The lowest BCUT2D eigenvalue weighted by atomic mass is 9.97. The summed E-state index contributed by atoms with van der Waals surface area (Å²) < 4.78 is 99.2.